The molecule has 23 heavy (non-hydrogen) atoms. The monoisotopic (exact) mass is 335 g/mol. The highest BCUT2D eigenvalue weighted by Crippen LogP contribution is 2.14. The number of ether oxygens (including phenoxy) is 1. The van der Waals surface area contributed by atoms with E-state index in [0.29, 0.717) is 13.1 Å². The van der Waals surface area contributed by atoms with Crippen molar-refractivity contribution in [3.05, 3.63) is 35.9 Å². The molecule has 124 valence electrons. The zero-order chi connectivity index (χ0) is 17.0. The molecule has 7 heteroatoms. The average Bonchev–Trinajstić information content (AvgIpc) is 2.46. The quantitative estimate of drug-likeness (QED) is 0.860. The molecule has 1 aromatic carbocycles. The van der Waals surface area contributed by atoms with E-state index in [4.69, 9.17) is 17.0 Å². The standard InChI is InChI=1S/C16H21N3O3S/c1-16(2,3)22-14(21)17-19-13(20)9-10-18(15(19)23)11-12-7-5-4-6-8-12/h4-8H,9-11H2,1-3H3,(H,17,21). The van der Waals surface area contributed by atoms with Gasteiger partial charge in [-0.15, -0.1) is 0 Å². The summed E-state index contributed by atoms with van der Waals surface area (Å²) >= 11 is 5.35. The largest absolute Gasteiger partial charge is 0.443 e. The first-order chi connectivity index (χ1) is 10.8. The fourth-order valence-corrected chi connectivity index (χ4v) is 2.44. The van der Waals surface area contributed by atoms with Crippen molar-refractivity contribution in [2.75, 3.05) is 6.54 Å². The fourth-order valence-electron chi connectivity index (χ4n) is 2.14. The third-order valence-electron chi connectivity index (χ3n) is 3.13. The lowest BCUT2D eigenvalue weighted by Crippen LogP contribution is -2.59. The number of hydrogen-bond acceptors (Lipinski definition) is 4. The summed E-state index contributed by atoms with van der Waals surface area (Å²) in [7, 11) is 0. The molecule has 0 bridgehead atoms. The van der Waals surface area contributed by atoms with Crippen molar-refractivity contribution in [1.82, 2.24) is 15.3 Å². The van der Waals surface area contributed by atoms with Crippen molar-refractivity contribution in [3.8, 4) is 0 Å². The molecule has 1 saturated heterocycles. The van der Waals surface area contributed by atoms with Gasteiger partial charge in [0, 0.05) is 19.5 Å². The molecule has 1 heterocycles. The first kappa shape index (κ1) is 17.2. The lowest BCUT2D eigenvalue weighted by molar-refractivity contribution is -0.131. The molecule has 0 aliphatic carbocycles. The van der Waals surface area contributed by atoms with Crippen LogP contribution in [-0.4, -0.2) is 39.2 Å². The van der Waals surface area contributed by atoms with Gasteiger partial charge in [0.25, 0.3) is 0 Å². The molecule has 2 rings (SSSR count). The Balaban J connectivity index is 2.03. The summed E-state index contributed by atoms with van der Waals surface area (Å²) in [6, 6.07) is 9.82. The van der Waals surface area contributed by atoms with E-state index in [1.165, 1.54) is 0 Å². The second-order valence-electron chi connectivity index (χ2n) is 6.28. The van der Waals surface area contributed by atoms with Gasteiger partial charge in [-0.05, 0) is 38.6 Å². The van der Waals surface area contributed by atoms with Crippen molar-refractivity contribution in [2.45, 2.75) is 39.3 Å². The molecular formula is C16H21N3O3S. The summed E-state index contributed by atoms with van der Waals surface area (Å²) in [5.41, 5.74) is 2.87. The molecule has 1 aromatic rings. The van der Waals surface area contributed by atoms with Gasteiger partial charge in [0.1, 0.15) is 5.60 Å². The number of thiocarbonyl (C=S) groups is 1. The molecular weight excluding hydrogens is 314 g/mol. The van der Waals surface area contributed by atoms with Gasteiger partial charge in [-0.3, -0.25) is 4.79 Å². The third-order valence-corrected chi connectivity index (χ3v) is 3.57. The highest BCUT2D eigenvalue weighted by Gasteiger charge is 2.31. The van der Waals surface area contributed by atoms with Crippen LogP contribution in [0.15, 0.2) is 30.3 Å². The van der Waals surface area contributed by atoms with Crippen LogP contribution in [0.4, 0.5) is 4.79 Å². The molecule has 1 fully saturated rings. The summed E-state index contributed by atoms with van der Waals surface area (Å²) in [4.78, 5) is 25.8. The van der Waals surface area contributed by atoms with Crippen molar-refractivity contribution >= 4 is 29.3 Å². The minimum absolute atomic E-state index is 0.245. The average molecular weight is 335 g/mol. The van der Waals surface area contributed by atoms with Gasteiger partial charge >= 0.3 is 6.09 Å². The van der Waals surface area contributed by atoms with E-state index in [-0.39, 0.29) is 17.4 Å². The SMILES string of the molecule is CC(C)(C)OC(=O)NN1C(=O)CCN(Cc2ccccc2)C1=S. The summed E-state index contributed by atoms with van der Waals surface area (Å²) in [6.45, 7) is 6.37. The summed E-state index contributed by atoms with van der Waals surface area (Å²) in [5, 5.41) is 1.37. The van der Waals surface area contributed by atoms with Crippen LogP contribution in [0.2, 0.25) is 0 Å². The van der Waals surface area contributed by atoms with Crippen LogP contribution in [0.25, 0.3) is 0 Å². The van der Waals surface area contributed by atoms with Gasteiger partial charge in [0.05, 0.1) is 0 Å². The lowest BCUT2D eigenvalue weighted by atomic mass is 10.2. The summed E-state index contributed by atoms with van der Waals surface area (Å²) < 4.78 is 5.17. The van der Waals surface area contributed by atoms with E-state index in [1.807, 2.05) is 35.2 Å². The van der Waals surface area contributed by atoms with Crippen molar-refractivity contribution in [2.24, 2.45) is 0 Å². The van der Waals surface area contributed by atoms with E-state index in [2.05, 4.69) is 5.43 Å². The molecule has 0 radical (unpaired) electrons. The zero-order valence-electron chi connectivity index (χ0n) is 13.5. The number of amides is 2. The molecule has 1 N–H and O–H groups in total. The van der Waals surface area contributed by atoms with Gasteiger partial charge < -0.3 is 9.64 Å². The zero-order valence-corrected chi connectivity index (χ0v) is 14.4. The molecule has 0 spiro atoms. The maximum atomic E-state index is 12.0. The summed E-state index contributed by atoms with van der Waals surface area (Å²) in [6.07, 6.45) is -0.419. The maximum Gasteiger partial charge on any atom is 0.427 e. The highest BCUT2D eigenvalue weighted by molar-refractivity contribution is 7.80. The van der Waals surface area contributed by atoms with Crippen LogP contribution in [-0.2, 0) is 16.1 Å². The predicted molar refractivity (Wildman–Crippen MR) is 90.3 cm³/mol. The van der Waals surface area contributed by atoms with Crippen LogP contribution in [0.1, 0.15) is 32.8 Å². The van der Waals surface area contributed by atoms with Crippen molar-refractivity contribution in [1.29, 1.82) is 0 Å². The molecule has 0 saturated carbocycles. The Bertz CT molecular complexity index is 598. The number of hydrogen-bond donors (Lipinski definition) is 1. The molecule has 2 amide bonds. The van der Waals surface area contributed by atoms with Crippen LogP contribution < -0.4 is 5.43 Å². The molecule has 1 aliphatic rings. The normalized spacial score (nSPS) is 15.6. The van der Waals surface area contributed by atoms with Gasteiger partial charge in [-0.2, -0.15) is 5.01 Å². The van der Waals surface area contributed by atoms with E-state index >= 15 is 0 Å². The molecule has 0 atom stereocenters. The minimum Gasteiger partial charge on any atom is -0.443 e. The van der Waals surface area contributed by atoms with E-state index in [0.717, 1.165) is 10.6 Å². The number of carbonyl (C=O) groups is 2. The number of carbonyl (C=O) groups excluding carboxylic acids is 2. The van der Waals surface area contributed by atoms with Crippen molar-refractivity contribution < 1.29 is 14.3 Å². The fraction of sp³-hybridized carbons (Fsp3) is 0.438. The van der Waals surface area contributed by atoms with Crippen LogP contribution in [0, 0.1) is 0 Å². The van der Waals surface area contributed by atoms with Crippen molar-refractivity contribution in [3.63, 3.8) is 0 Å². The number of nitrogens with one attached hydrogen (secondary N) is 1. The van der Waals surface area contributed by atoms with Gasteiger partial charge in [-0.25, -0.2) is 10.2 Å². The van der Waals surface area contributed by atoms with Crippen LogP contribution >= 0.6 is 12.2 Å². The molecule has 1 aliphatic heterocycles. The van der Waals surface area contributed by atoms with Crippen LogP contribution in [0.5, 0.6) is 0 Å². The number of rotatable bonds is 3. The van der Waals surface area contributed by atoms with E-state index in [9.17, 15) is 9.59 Å². The Morgan fingerprint density at radius 1 is 1.30 bits per heavy atom. The van der Waals surface area contributed by atoms with E-state index < -0.39 is 11.7 Å². The van der Waals surface area contributed by atoms with Gasteiger partial charge in [0.2, 0.25) is 5.91 Å². The predicted octanol–water partition coefficient (Wildman–Crippen LogP) is 2.45. The lowest BCUT2D eigenvalue weighted by Gasteiger charge is -2.36. The molecule has 0 aromatic heterocycles. The maximum absolute atomic E-state index is 12.0. The number of benzene rings is 1. The topological polar surface area (TPSA) is 61.9 Å². The third kappa shape index (κ3) is 4.92. The second-order valence-corrected chi connectivity index (χ2v) is 6.65. The van der Waals surface area contributed by atoms with Crippen LogP contribution in [0.3, 0.4) is 0 Å². The minimum atomic E-state index is -0.699. The van der Waals surface area contributed by atoms with Gasteiger partial charge in [-0.1, -0.05) is 30.3 Å². The Kier molecular flexibility index (Phi) is 5.20. The Hall–Kier alpha value is -2.15. The Labute approximate surface area is 141 Å². The van der Waals surface area contributed by atoms with E-state index in [1.54, 1.807) is 20.8 Å². The Morgan fingerprint density at radius 2 is 1.96 bits per heavy atom. The molecule has 6 nitrogen and oxygen atoms in total. The first-order valence-corrected chi connectivity index (χ1v) is 7.82. The van der Waals surface area contributed by atoms with Gasteiger partial charge in [0.15, 0.2) is 5.11 Å². The first-order valence-electron chi connectivity index (χ1n) is 7.42. The Morgan fingerprint density at radius 3 is 2.57 bits per heavy atom. The number of hydrazine groups is 1. The smallest absolute Gasteiger partial charge is 0.427 e. The second kappa shape index (κ2) is 6.95. The number of nitrogens with zero attached hydrogens (tertiary/aromatic N) is 2. The highest BCUT2D eigenvalue weighted by atomic mass is 32.1. The molecule has 0 unspecified atom stereocenters. The summed E-state index contributed by atoms with van der Waals surface area (Å²) in [5.74, 6) is -0.245.